The van der Waals surface area contributed by atoms with Gasteiger partial charge in [0.15, 0.2) is 6.04 Å². The molecule has 0 heterocycles. The summed E-state index contributed by atoms with van der Waals surface area (Å²) in [5.74, 6) is -1.01. The van der Waals surface area contributed by atoms with Gasteiger partial charge in [-0.05, 0) is 31.0 Å². The van der Waals surface area contributed by atoms with Crippen LogP contribution in [-0.4, -0.2) is 36.8 Å². The molecule has 0 aromatic heterocycles. The summed E-state index contributed by atoms with van der Waals surface area (Å²) >= 11 is 0. The first-order valence-electron chi connectivity index (χ1n) is 6.89. The highest BCUT2D eigenvalue weighted by Gasteiger charge is 2.24. The molecule has 22 heavy (non-hydrogen) atoms. The molecule has 2 atom stereocenters. The Bertz CT molecular complexity index is 512. The summed E-state index contributed by atoms with van der Waals surface area (Å²) < 4.78 is 10.3. The van der Waals surface area contributed by atoms with E-state index in [1.54, 1.807) is 37.3 Å². The molecule has 0 aliphatic carbocycles. The van der Waals surface area contributed by atoms with E-state index in [0.29, 0.717) is 24.3 Å². The predicted molar refractivity (Wildman–Crippen MR) is 81.7 cm³/mol. The lowest BCUT2D eigenvalue weighted by atomic mass is 10.1. The van der Waals surface area contributed by atoms with Gasteiger partial charge in [0.05, 0.1) is 13.7 Å². The summed E-state index contributed by atoms with van der Waals surface area (Å²) in [5.41, 5.74) is 0.458. The zero-order valence-corrected chi connectivity index (χ0v) is 12.7. The fraction of sp³-hybridized carbons (Fsp3) is 0.375. The van der Waals surface area contributed by atoms with Crippen molar-refractivity contribution in [2.24, 2.45) is 0 Å². The molecule has 1 amide bonds. The maximum absolute atomic E-state index is 12.0. The molecular formula is C16H21NO5. The van der Waals surface area contributed by atoms with Crippen LogP contribution >= 0.6 is 0 Å². The van der Waals surface area contributed by atoms with E-state index in [0.717, 1.165) is 0 Å². The van der Waals surface area contributed by atoms with Gasteiger partial charge in [-0.25, -0.2) is 4.79 Å². The number of methoxy groups -OCH3 is 1. The first kappa shape index (κ1) is 17.7. The van der Waals surface area contributed by atoms with E-state index in [1.165, 1.54) is 7.11 Å². The van der Waals surface area contributed by atoms with Gasteiger partial charge in [-0.3, -0.25) is 4.79 Å². The topological polar surface area (TPSA) is 84.9 Å². The quantitative estimate of drug-likeness (QED) is 0.538. The maximum atomic E-state index is 12.0. The number of amides is 1. The lowest BCUT2D eigenvalue weighted by molar-refractivity contribution is -0.144. The number of carbonyl (C=O) groups is 2. The number of nitrogens with one attached hydrogen (secondary N) is 1. The zero-order chi connectivity index (χ0) is 16.5. The number of rotatable bonds is 9. The molecule has 0 fully saturated rings. The van der Waals surface area contributed by atoms with E-state index < -0.39 is 24.0 Å². The Morgan fingerprint density at radius 2 is 2.00 bits per heavy atom. The molecular weight excluding hydrogens is 286 g/mol. The lowest BCUT2D eigenvalue weighted by Crippen LogP contribution is -2.40. The third-order valence-electron chi connectivity index (χ3n) is 3.04. The standard InChI is InChI=1S/C16H21NO5/c1-4-5-10-22-11(2)15(18)17-14(16(19)20)12-6-8-13(21-3)9-7-12/h4,6-9,11,14H,1,5,10H2,2-3H3,(H,17,18)(H,19,20). The molecule has 1 rings (SSSR count). The normalized spacial score (nSPS) is 13.0. The SMILES string of the molecule is C=CCCOC(C)C(=O)NC(C(=O)O)c1ccc(OC)cc1. The van der Waals surface area contributed by atoms with Crippen LogP contribution in [0.3, 0.4) is 0 Å². The molecule has 2 N–H and O–H groups in total. The Morgan fingerprint density at radius 1 is 1.36 bits per heavy atom. The summed E-state index contributed by atoms with van der Waals surface area (Å²) in [7, 11) is 1.52. The monoisotopic (exact) mass is 307 g/mol. The van der Waals surface area contributed by atoms with E-state index in [2.05, 4.69) is 11.9 Å². The highest BCUT2D eigenvalue weighted by atomic mass is 16.5. The van der Waals surface area contributed by atoms with Gasteiger partial charge in [0.1, 0.15) is 11.9 Å². The molecule has 1 aromatic rings. The Kier molecular flexibility index (Phi) is 7.12. The van der Waals surface area contributed by atoms with Gasteiger partial charge in [0.25, 0.3) is 0 Å². The first-order valence-corrected chi connectivity index (χ1v) is 6.89. The van der Waals surface area contributed by atoms with Crippen molar-refractivity contribution in [3.05, 3.63) is 42.5 Å². The summed E-state index contributed by atoms with van der Waals surface area (Å²) in [6.07, 6.45) is 1.57. The summed E-state index contributed by atoms with van der Waals surface area (Å²) in [5, 5.41) is 11.8. The van der Waals surface area contributed by atoms with Crippen LogP contribution in [0.25, 0.3) is 0 Å². The van der Waals surface area contributed by atoms with Gasteiger partial charge in [0.2, 0.25) is 5.91 Å². The summed E-state index contributed by atoms with van der Waals surface area (Å²) in [4.78, 5) is 23.4. The summed E-state index contributed by atoms with van der Waals surface area (Å²) in [6, 6.07) is 5.34. The largest absolute Gasteiger partial charge is 0.497 e. The van der Waals surface area contributed by atoms with Crippen LogP contribution in [-0.2, 0) is 14.3 Å². The van der Waals surface area contributed by atoms with Crippen molar-refractivity contribution in [1.29, 1.82) is 0 Å². The Hall–Kier alpha value is -2.34. The van der Waals surface area contributed by atoms with Gasteiger partial charge in [-0.2, -0.15) is 0 Å². The van der Waals surface area contributed by atoms with E-state index in [4.69, 9.17) is 9.47 Å². The van der Waals surface area contributed by atoms with Gasteiger partial charge < -0.3 is 19.9 Å². The van der Waals surface area contributed by atoms with E-state index in [1.807, 2.05) is 0 Å². The van der Waals surface area contributed by atoms with E-state index >= 15 is 0 Å². The molecule has 6 heteroatoms. The van der Waals surface area contributed by atoms with Crippen molar-refractivity contribution in [2.75, 3.05) is 13.7 Å². The zero-order valence-electron chi connectivity index (χ0n) is 12.7. The van der Waals surface area contributed by atoms with Crippen LogP contribution in [0.5, 0.6) is 5.75 Å². The van der Waals surface area contributed by atoms with Gasteiger partial charge >= 0.3 is 5.97 Å². The van der Waals surface area contributed by atoms with Crippen LogP contribution in [0.4, 0.5) is 0 Å². The minimum absolute atomic E-state index is 0.359. The van der Waals surface area contributed by atoms with Crippen molar-refractivity contribution in [1.82, 2.24) is 5.32 Å². The third-order valence-corrected chi connectivity index (χ3v) is 3.04. The van der Waals surface area contributed by atoms with Crippen molar-refractivity contribution in [3.8, 4) is 5.75 Å². The minimum atomic E-state index is -1.14. The number of hydrogen-bond acceptors (Lipinski definition) is 4. The van der Waals surface area contributed by atoms with Crippen LogP contribution in [0.2, 0.25) is 0 Å². The second kappa shape index (κ2) is 8.84. The fourth-order valence-electron chi connectivity index (χ4n) is 1.75. The fourth-order valence-corrected chi connectivity index (χ4v) is 1.75. The van der Waals surface area contributed by atoms with Crippen molar-refractivity contribution in [3.63, 3.8) is 0 Å². The molecule has 0 aliphatic rings. The molecule has 0 aliphatic heterocycles. The average Bonchev–Trinajstić information content (AvgIpc) is 2.52. The van der Waals surface area contributed by atoms with E-state index in [-0.39, 0.29) is 0 Å². The molecule has 6 nitrogen and oxygen atoms in total. The Labute approximate surface area is 129 Å². The minimum Gasteiger partial charge on any atom is -0.497 e. The van der Waals surface area contributed by atoms with Gasteiger partial charge in [-0.1, -0.05) is 18.2 Å². The summed E-state index contributed by atoms with van der Waals surface area (Å²) in [6.45, 7) is 5.49. The van der Waals surface area contributed by atoms with Crippen LogP contribution in [0.1, 0.15) is 24.9 Å². The number of carbonyl (C=O) groups excluding carboxylic acids is 1. The maximum Gasteiger partial charge on any atom is 0.330 e. The van der Waals surface area contributed by atoms with Gasteiger partial charge in [-0.15, -0.1) is 6.58 Å². The molecule has 0 saturated heterocycles. The lowest BCUT2D eigenvalue weighted by Gasteiger charge is -2.18. The van der Waals surface area contributed by atoms with Crippen molar-refractivity contribution in [2.45, 2.75) is 25.5 Å². The molecule has 1 aromatic carbocycles. The number of carboxylic acids is 1. The smallest absolute Gasteiger partial charge is 0.330 e. The van der Waals surface area contributed by atoms with Crippen molar-refractivity contribution >= 4 is 11.9 Å². The predicted octanol–water partition coefficient (Wildman–Crippen LogP) is 1.92. The number of aliphatic carboxylic acids is 1. The van der Waals surface area contributed by atoms with Gasteiger partial charge in [0, 0.05) is 0 Å². The first-order chi connectivity index (χ1) is 10.5. The van der Waals surface area contributed by atoms with Crippen LogP contribution in [0.15, 0.2) is 36.9 Å². The second-order valence-corrected chi connectivity index (χ2v) is 4.64. The molecule has 0 saturated carbocycles. The number of hydrogen-bond donors (Lipinski definition) is 2. The average molecular weight is 307 g/mol. The number of benzene rings is 1. The molecule has 0 radical (unpaired) electrons. The number of carboxylic acid groups (broad SMARTS) is 1. The molecule has 120 valence electrons. The molecule has 0 spiro atoms. The Morgan fingerprint density at radius 3 is 2.50 bits per heavy atom. The highest BCUT2D eigenvalue weighted by Crippen LogP contribution is 2.18. The second-order valence-electron chi connectivity index (χ2n) is 4.64. The van der Waals surface area contributed by atoms with E-state index in [9.17, 15) is 14.7 Å². The van der Waals surface area contributed by atoms with Crippen molar-refractivity contribution < 1.29 is 24.2 Å². The van der Waals surface area contributed by atoms with Crippen LogP contribution < -0.4 is 10.1 Å². The molecule has 0 bridgehead atoms. The molecule has 2 unspecified atom stereocenters. The highest BCUT2D eigenvalue weighted by molar-refractivity contribution is 5.86. The van der Waals surface area contributed by atoms with Crippen LogP contribution in [0, 0.1) is 0 Å². The Balaban J connectivity index is 2.72. The third kappa shape index (κ3) is 5.21. The number of ether oxygens (including phenoxy) is 2.